The van der Waals surface area contributed by atoms with Gasteiger partial charge in [0.15, 0.2) is 0 Å². The Morgan fingerprint density at radius 2 is 1.73 bits per heavy atom. The van der Waals surface area contributed by atoms with E-state index in [4.69, 9.17) is 9.72 Å². The smallest absolute Gasteiger partial charge is 0.0760 e. The minimum atomic E-state index is 0.0189. The van der Waals surface area contributed by atoms with E-state index in [9.17, 15) is 0 Å². The third kappa shape index (κ3) is 2.31. The number of para-hydroxylation sites is 1. The molecule has 1 aliphatic heterocycles. The van der Waals surface area contributed by atoms with Gasteiger partial charge in [-0.05, 0) is 23.3 Å². The minimum Gasteiger partial charge on any atom is -0.379 e. The first-order valence-corrected chi connectivity index (χ1v) is 9.47. The Morgan fingerprint density at radius 3 is 2.58 bits per heavy atom. The number of nitrogens with zero attached hydrogens (tertiary/aromatic N) is 2. The van der Waals surface area contributed by atoms with E-state index in [1.807, 2.05) is 0 Å². The molecule has 0 bridgehead atoms. The normalized spacial score (nSPS) is 22.0. The second-order valence-electron chi connectivity index (χ2n) is 7.94. The van der Waals surface area contributed by atoms with Gasteiger partial charge in [0, 0.05) is 35.5 Å². The summed E-state index contributed by atoms with van der Waals surface area (Å²) < 4.78 is 5.63. The molecular weight excluding hydrogens is 320 g/mol. The van der Waals surface area contributed by atoms with Gasteiger partial charge in [0.05, 0.1) is 24.4 Å². The Balaban J connectivity index is 1.80. The lowest BCUT2D eigenvalue weighted by atomic mass is 9.67. The predicted molar refractivity (Wildman–Crippen MR) is 105 cm³/mol. The number of rotatable bonds is 1. The van der Waals surface area contributed by atoms with Crippen LogP contribution in [0, 0.1) is 0 Å². The quantitative estimate of drug-likeness (QED) is 0.647. The highest BCUT2D eigenvalue weighted by Gasteiger charge is 2.43. The van der Waals surface area contributed by atoms with Gasteiger partial charge in [-0.25, -0.2) is 4.98 Å². The topological polar surface area (TPSA) is 25.4 Å². The number of fused-ring (bicyclic) bond motifs is 4. The zero-order chi connectivity index (χ0) is 17.7. The summed E-state index contributed by atoms with van der Waals surface area (Å²) in [5, 5.41) is 1.22. The number of ether oxygens (including phenoxy) is 1. The first-order valence-electron chi connectivity index (χ1n) is 9.47. The Bertz CT molecular complexity index is 973. The lowest BCUT2D eigenvalue weighted by Crippen LogP contribution is -2.47. The van der Waals surface area contributed by atoms with Gasteiger partial charge >= 0.3 is 0 Å². The third-order valence-electron chi connectivity index (χ3n) is 6.02. The molecule has 0 saturated carbocycles. The summed E-state index contributed by atoms with van der Waals surface area (Å²) in [6.45, 7) is 8.33. The summed E-state index contributed by atoms with van der Waals surface area (Å²) in [5.41, 5.74) is 6.27. The van der Waals surface area contributed by atoms with Gasteiger partial charge in [0.1, 0.15) is 0 Å². The molecule has 26 heavy (non-hydrogen) atoms. The zero-order valence-electron chi connectivity index (χ0n) is 15.4. The fraction of sp³-hybridized carbons (Fsp3) is 0.348. The fourth-order valence-electron chi connectivity index (χ4n) is 4.83. The molecule has 1 saturated heterocycles. The van der Waals surface area contributed by atoms with Crippen LogP contribution in [0.1, 0.15) is 31.0 Å². The number of aromatic nitrogens is 1. The molecule has 3 heteroatoms. The van der Waals surface area contributed by atoms with E-state index < -0.39 is 0 Å². The first kappa shape index (κ1) is 16.0. The van der Waals surface area contributed by atoms with Crippen LogP contribution >= 0.6 is 0 Å². The molecule has 132 valence electrons. The van der Waals surface area contributed by atoms with Crippen molar-refractivity contribution in [2.24, 2.45) is 0 Å². The maximum atomic E-state index is 5.63. The maximum absolute atomic E-state index is 5.63. The van der Waals surface area contributed by atoms with E-state index in [2.05, 4.69) is 73.3 Å². The summed E-state index contributed by atoms with van der Waals surface area (Å²) in [5.74, 6) is 0. The number of hydrogen-bond acceptors (Lipinski definition) is 3. The molecule has 2 aromatic carbocycles. The van der Waals surface area contributed by atoms with Crippen molar-refractivity contribution in [3.63, 3.8) is 0 Å². The Kier molecular flexibility index (Phi) is 3.63. The average Bonchev–Trinajstić information content (AvgIpc) is 2.68. The van der Waals surface area contributed by atoms with Crippen LogP contribution in [-0.2, 0) is 10.2 Å². The van der Waals surface area contributed by atoms with Crippen molar-refractivity contribution in [1.82, 2.24) is 9.88 Å². The molecule has 2 aliphatic rings. The number of benzene rings is 2. The SMILES string of the molecule is CC1(C)c2ccccc2-c2nc3ccccc3cc2C1N1CCOCC1. The molecule has 0 N–H and O–H groups in total. The van der Waals surface area contributed by atoms with Crippen LogP contribution in [0.4, 0.5) is 0 Å². The molecule has 1 fully saturated rings. The summed E-state index contributed by atoms with van der Waals surface area (Å²) in [7, 11) is 0. The van der Waals surface area contributed by atoms with E-state index in [0.717, 1.165) is 37.5 Å². The van der Waals surface area contributed by atoms with Gasteiger partial charge in [-0.1, -0.05) is 56.3 Å². The summed E-state index contributed by atoms with van der Waals surface area (Å²) >= 11 is 0. The largest absolute Gasteiger partial charge is 0.379 e. The number of hydrogen-bond donors (Lipinski definition) is 0. The van der Waals surface area contributed by atoms with Crippen molar-refractivity contribution >= 4 is 10.9 Å². The van der Waals surface area contributed by atoms with E-state index in [-0.39, 0.29) is 5.41 Å². The first-order chi connectivity index (χ1) is 12.7. The maximum Gasteiger partial charge on any atom is 0.0760 e. The van der Waals surface area contributed by atoms with Crippen molar-refractivity contribution in [3.8, 4) is 11.3 Å². The third-order valence-corrected chi connectivity index (χ3v) is 6.02. The van der Waals surface area contributed by atoms with Gasteiger partial charge in [-0.2, -0.15) is 0 Å². The Labute approximate surface area is 154 Å². The second-order valence-corrected chi connectivity index (χ2v) is 7.94. The monoisotopic (exact) mass is 344 g/mol. The van der Waals surface area contributed by atoms with Gasteiger partial charge < -0.3 is 4.74 Å². The molecule has 3 nitrogen and oxygen atoms in total. The second kappa shape index (κ2) is 5.90. The van der Waals surface area contributed by atoms with Crippen molar-refractivity contribution in [1.29, 1.82) is 0 Å². The molecule has 1 unspecified atom stereocenters. The lowest BCUT2D eigenvalue weighted by Gasteiger charge is -2.48. The van der Waals surface area contributed by atoms with Crippen molar-refractivity contribution in [2.75, 3.05) is 26.3 Å². The van der Waals surface area contributed by atoms with Crippen molar-refractivity contribution < 1.29 is 4.74 Å². The Morgan fingerprint density at radius 1 is 1.00 bits per heavy atom. The van der Waals surface area contributed by atoms with Gasteiger partial charge in [-0.3, -0.25) is 4.90 Å². The molecule has 3 aromatic rings. The molecule has 0 radical (unpaired) electrons. The number of morpholine rings is 1. The highest BCUT2D eigenvalue weighted by molar-refractivity contribution is 5.85. The van der Waals surface area contributed by atoms with E-state index >= 15 is 0 Å². The molecule has 1 aromatic heterocycles. The van der Waals surface area contributed by atoms with Gasteiger partial charge in [0.2, 0.25) is 0 Å². The molecular formula is C23H24N2O. The van der Waals surface area contributed by atoms with E-state index in [1.165, 1.54) is 22.1 Å². The highest BCUT2D eigenvalue weighted by Crippen LogP contribution is 2.51. The van der Waals surface area contributed by atoms with Crippen molar-refractivity contribution in [3.05, 3.63) is 65.7 Å². The van der Waals surface area contributed by atoms with Crippen LogP contribution in [0.25, 0.3) is 22.2 Å². The zero-order valence-corrected chi connectivity index (χ0v) is 15.4. The average molecular weight is 344 g/mol. The highest BCUT2D eigenvalue weighted by atomic mass is 16.5. The van der Waals surface area contributed by atoms with Crippen LogP contribution < -0.4 is 0 Å². The van der Waals surface area contributed by atoms with E-state index in [1.54, 1.807) is 0 Å². The fourth-order valence-corrected chi connectivity index (χ4v) is 4.83. The molecule has 0 amide bonds. The summed E-state index contributed by atoms with van der Waals surface area (Å²) in [4.78, 5) is 7.70. The number of pyridine rings is 1. The van der Waals surface area contributed by atoms with Crippen LogP contribution in [-0.4, -0.2) is 36.2 Å². The van der Waals surface area contributed by atoms with Gasteiger partial charge in [0.25, 0.3) is 0 Å². The van der Waals surface area contributed by atoms with Crippen LogP contribution in [0.5, 0.6) is 0 Å². The van der Waals surface area contributed by atoms with Gasteiger partial charge in [-0.15, -0.1) is 0 Å². The molecule has 1 aliphatic carbocycles. The van der Waals surface area contributed by atoms with Crippen LogP contribution in [0.3, 0.4) is 0 Å². The molecule has 0 spiro atoms. The standard InChI is InChI=1S/C23H24N2O/c1-23(2)19-9-5-4-8-17(19)21-18(22(23)25-11-13-26-14-12-25)15-16-7-3-6-10-20(16)24-21/h3-10,15,22H,11-14H2,1-2H3. The minimum absolute atomic E-state index is 0.0189. The Hall–Kier alpha value is -2.23. The van der Waals surface area contributed by atoms with Crippen LogP contribution in [0.2, 0.25) is 0 Å². The molecule has 1 atom stereocenters. The van der Waals surface area contributed by atoms with Crippen LogP contribution in [0.15, 0.2) is 54.6 Å². The molecule has 5 rings (SSSR count). The summed E-state index contributed by atoms with van der Waals surface area (Å²) in [6, 6.07) is 19.9. The summed E-state index contributed by atoms with van der Waals surface area (Å²) in [6.07, 6.45) is 0. The predicted octanol–water partition coefficient (Wildman–Crippen LogP) is 4.57. The van der Waals surface area contributed by atoms with E-state index in [0.29, 0.717) is 6.04 Å². The lowest BCUT2D eigenvalue weighted by molar-refractivity contribution is -0.000965. The molecule has 2 heterocycles. The van der Waals surface area contributed by atoms with Crippen molar-refractivity contribution in [2.45, 2.75) is 25.3 Å².